The van der Waals surface area contributed by atoms with Crippen molar-refractivity contribution in [2.24, 2.45) is 0 Å². The normalized spacial score (nSPS) is 11.1. The molecule has 0 aliphatic rings. The molecule has 0 bridgehead atoms. The van der Waals surface area contributed by atoms with E-state index in [1.165, 1.54) is 35.6 Å². The molecule has 0 saturated carbocycles. The molecule has 9 heteroatoms. The first kappa shape index (κ1) is 20.1. The van der Waals surface area contributed by atoms with E-state index in [-0.39, 0.29) is 5.75 Å². The standard InChI is InChI=1S/C21H14ClF2N3O2S/c22-12-3-1-11(2-4-12)16-10-9-15-17(25)18(30-20(15)27-16)19(28)26-13-5-7-14(8-6-13)29-21(23)24/h1-10,21H,25H2,(H,26,28). The van der Waals surface area contributed by atoms with Gasteiger partial charge in [-0.2, -0.15) is 8.78 Å². The van der Waals surface area contributed by atoms with Crippen molar-refractivity contribution in [3.05, 3.63) is 70.6 Å². The van der Waals surface area contributed by atoms with E-state index in [0.29, 0.717) is 31.5 Å². The summed E-state index contributed by atoms with van der Waals surface area (Å²) in [5, 5.41) is 4.02. The lowest BCUT2D eigenvalue weighted by Gasteiger charge is -2.07. The summed E-state index contributed by atoms with van der Waals surface area (Å²) < 4.78 is 28.8. The number of nitrogens with two attached hydrogens (primary N) is 1. The summed E-state index contributed by atoms with van der Waals surface area (Å²) in [5.41, 5.74) is 8.56. The van der Waals surface area contributed by atoms with Gasteiger partial charge >= 0.3 is 6.61 Å². The zero-order valence-corrected chi connectivity index (χ0v) is 16.8. The maximum atomic E-state index is 12.7. The van der Waals surface area contributed by atoms with Crippen molar-refractivity contribution in [2.75, 3.05) is 11.1 Å². The lowest BCUT2D eigenvalue weighted by Crippen LogP contribution is -2.12. The fourth-order valence-corrected chi connectivity index (χ4v) is 3.97. The molecule has 2 aromatic heterocycles. The van der Waals surface area contributed by atoms with Crippen LogP contribution in [0.4, 0.5) is 20.2 Å². The van der Waals surface area contributed by atoms with Crippen LogP contribution in [0.3, 0.4) is 0 Å². The summed E-state index contributed by atoms with van der Waals surface area (Å²) in [6, 6.07) is 16.6. The third-order valence-corrected chi connectivity index (χ3v) is 5.64. The Hall–Kier alpha value is -3.23. The van der Waals surface area contributed by atoms with Crippen LogP contribution in [-0.2, 0) is 0 Å². The van der Waals surface area contributed by atoms with E-state index in [0.717, 1.165) is 11.3 Å². The molecule has 0 aliphatic heterocycles. The van der Waals surface area contributed by atoms with E-state index in [1.54, 1.807) is 12.1 Å². The number of amides is 1. The highest BCUT2D eigenvalue weighted by Gasteiger charge is 2.18. The quantitative estimate of drug-likeness (QED) is 0.392. The number of aromatic nitrogens is 1. The first-order valence-corrected chi connectivity index (χ1v) is 9.91. The first-order valence-electron chi connectivity index (χ1n) is 8.72. The number of nitrogens with zero attached hydrogens (tertiary/aromatic N) is 1. The Labute approximate surface area is 179 Å². The number of nitrogens with one attached hydrogen (secondary N) is 1. The van der Waals surface area contributed by atoms with Crippen molar-refractivity contribution in [2.45, 2.75) is 6.61 Å². The Morgan fingerprint density at radius 3 is 2.43 bits per heavy atom. The molecule has 4 aromatic rings. The number of halogens is 3. The zero-order valence-electron chi connectivity index (χ0n) is 15.2. The van der Waals surface area contributed by atoms with Gasteiger partial charge in [-0.15, -0.1) is 11.3 Å². The smallest absolute Gasteiger partial charge is 0.387 e. The Morgan fingerprint density at radius 2 is 1.77 bits per heavy atom. The van der Waals surface area contributed by atoms with E-state index in [9.17, 15) is 13.6 Å². The number of fused-ring (bicyclic) bond motifs is 1. The molecule has 0 unspecified atom stereocenters. The van der Waals surface area contributed by atoms with Gasteiger partial charge in [-0.3, -0.25) is 4.79 Å². The topological polar surface area (TPSA) is 77.2 Å². The summed E-state index contributed by atoms with van der Waals surface area (Å²) in [6.45, 7) is -2.91. The van der Waals surface area contributed by atoms with Gasteiger partial charge in [0.25, 0.3) is 5.91 Å². The second-order valence-electron chi connectivity index (χ2n) is 6.26. The van der Waals surface area contributed by atoms with Crippen LogP contribution in [0.1, 0.15) is 9.67 Å². The Balaban J connectivity index is 1.58. The number of carbonyl (C=O) groups is 1. The largest absolute Gasteiger partial charge is 0.435 e. The van der Waals surface area contributed by atoms with Crippen LogP contribution in [0.25, 0.3) is 21.5 Å². The molecule has 4 rings (SSSR count). The highest BCUT2D eigenvalue weighted by atomic mass is 35.5. The molecule has 0 fully saturated rings. The van der Waals surface area contributed by atoms with Gasteiger partial charge in [0.05, 0.1) is 11.4 Å². The number of anilines is 2. The third-order valence-electron chi connectivity index (χ3n) is 4.28. The van der Waals surface area contributed by atoms with Crippen LogP contribution in [0, 0.1) is 0 Å². The van der Waals surface area contributed by atoms with Crippen LogP contribution in [-0.4, -0.2) is 17.5 Å². The zero-order chi connectivity index (χ0) is 21.3. The van der Waals surface area contributed by atoms with Crippen molar-refractivity contribution in [1.29, 1.82) is 0 Å². The monoisotopic (exact) mass is 445 g/mol. The van der Waals surface area contributed by atoms with Crippen molar-refractivity contribution in [3.8, 4) is 17.0 Å². The van der Waals surface area contributed by atoms with Crippen LogP contribution < -0.4 is 15.8 Å². The minimum atomic E-state index is -2.91. The highest BCUT2D eigenvalue weighted by molar-refractivity contribution is 7.21. The maximum Gasteiger partial charge on any atom is 0.387 e. The Kier molecular flexibility index (Phi) is 5.52. The second-order valence-corrected chi connectivity index (χ2v) is 7.69. The molecule has 0 aliphatic carbocycles. The molecule has 2 heterocycles. The van der Waals surface area contributed by atoms with Crippen molar-refractivity contribution in [1.82, 2.24) is 4.98 Å². The number of ether oxygens (including phenoxy) is 1. The summed E-state index contributed by atoms with van der Waals surface area (Å²) in [6.07, 6.45) is 0. The van der Waals surface area contributed by atoms with Gasteiger partial charge in [0, 0.05) is 21.7 Å². The summed E-state index contributed by atoms with van der Waals surface area (Å²) >= 11 is 7.11. The van der Waals surface area contributed by atoms with Gasteiger partial charge in [0.15, 0.2) is 0 Å². The Bertz CT molecular complexity index is 1210. The number of benzene rings is 2. The number of carbonyl (C=O) groups excluding carboxylic acids is 1. The van der Waals surface area contributed by atoms with E-state index >= 15 is 0 Å². The molecule has 5 nitrogen and oxygen atoms in total. The predicted octanol–water partition coefficient (Wildman–Crippen LogP) is 6.05. The molecule has 0 spiro atoms. The van der Waals surface area contributed by atoms with E-state index in [2.05, 4.69) is 15.0 Å². The average Bonchev–Trinajstić information content (AvgIpc) is 3.06. The van der Waals surface area contributed by atoms with Crippen LogP contribution in [0.5, 0.6) is 5.75 Å². The summed E-state index contributed by atoms with van der Waals surface area (Å²) in [7, 11) is 0. The van der Waals surface area contributed by atoms with Gasteiger partial charge in [0.2, 0.25) is 0 Å². The Morgan fingerprint density at radius 1 is 1.07 bits per heavy atom. The van der Waals surface area contributed by atoms with Crippen LogP contribution in [0.2, 0.25) is 5.02 Å². The van der Waals surface area contributed by atoms with Crippen molar-refractivity contribution >= 4 is 50.4 Å². The lowest BCUT2D eigenvalue weighted by atomic mass is 10.1. The second kappa shape index (κ2) is 8.25. The van der Waals surface area contributed by atoms with Gasteiger partial charge < -0.3 is 15.8 Å². The number of pyridine rings is 1. The van der Waals surface area contributed by atoms with Crippen LogP contribution >= 0.6 is 22.9 Å². The van der Waals surface area contributed by atoms with Crippen molar-refractivity contribution in [3.63, 3.8) is 0 Å². The molecule has 3 N–H and O–H groups in total. The fraction of sp³-hybridized carbons (Fsp3) is 0.0476. The van der Waals surface area contributed by atoms with Gasteiger partial charge in [-0.1, -0.05) is 23.7 Å². The molecule has 30 heavy (non-hydrogen) atoms. The molecular weight excluding hydrogens is 432 g/mol. The molecular formula is C21H14ClF2N3O2S. The molecule has 2 aromatic carbocycles. The maximum absolute atomic E-state index is 12.7. The number of nitrogen functional groups attached to an aromatic ring is 1. The number of rotatable bonds is 5. The molecule has 0 saturated heterocycles. The number of thiophene rings is 1. The van der Waals surface area contributed by atoms with E-state index in [4.69, 9.17) is 17.3 Å². The number of hydrogen-bond acceptors (Lipinski definition) is 5. The average molecular weight is 446 g/mol. The number of hydrogen-bond donors (Lipinski definition) is 2. The fourth-order valence-electron chi connectivity index (χ4n) is 2.85. The predicted molar refractivity (Wildman–Crippen MR) is 116 cm³/mol. The molecule has 0 radical (unpaired) electrons. The SMILES string of the molecule is Nc1c(C(=O)Nc2ccc(OC(F)F)cc2)sc2nc(-c3ccc(Cl)cc3)ccc12. The van der Waals surface area contributed by atoms with E-state index in [1.807, 2.05) is 24.3 Å². The first-order chi connectivity index (χ1) is 14.4. The number of alkyl halides is 2. The lowest BCUT2D eigenvalue weighted by molar-refractivity contribution is -0.0498. The summed E-state index contributed by atoms with van der Waals surface area (Å²) in [5.74, 6) is -0.408. The molecule has 152 valence electrons. The van der Waals surface area contributed by atoms with E-state index < -0.39 is 12.5 Å². The summed E-state index contributed by atoms with van der Waals surface area (Å²) in [4.78, 5) is 18.2. The van der Waals surface area contributed by atoms with Gasteiger partial charge in [-0.05, 0) is 48.5 Å². The molecule has 0 atom stereocenters. The third kappa shape index (κ3) is 4.19. The van der Waals surface area contributed by atoms with Crippen LogP contribution in [0.15, 0.2) is 60.7 Å². The minimum Gasteiger partial charge on any atom is -0.435 e. The van der Waals surface area contributed by atoms with Gasteiger partial charge in [0.1, 0.15) is 15.5 Å². The minimum absolute atomic E-state index is 0.00306. The molecule has 1 amide bonds. The van der Waals surface area contributed by atoms with Crippen molar-refractivity contribution < 1.29 is 18.3 Å². The highest BCUT2D eigenvalue weighted by Crippen LogP contribution is 2.35. The van der Waals surface area contributed by atoms with Gasteiger partial charge in [-0.25, -0.2) is 4.98 Å².